The molecule has 0 saturated carbocycles. The van der Waals surface area contributed by atoms with E-state index in [1.54, 1.807) is 0 Å². The fourth-order valence-corrected chi connectivity index (χ4v) is 5.82. The van der Waals surface area contributed by atoms with Crippen LogP contribution in [0, 0.1) is 0 Å². The van der Waals surface area contributed by atoms with Crippen LogP contribution in [0.15, 0.2) is 67.0 Å². The lowest BCUT2D eigenvalue weighted by molar-refractivity contribution is 0.0538. The first-order valence-electron chi connectivity index (χ1n) is 11.5. The van der Waals surface area contributed by atoms with Crippen LogP contribution in [-0.2, 0) is 11.8 Å². The number of carbonyl (C=O) groups excluding carboxylic acids is 1. The summed E-state index contributed by atoms with van der Waals surface area (Å²) in [6, 6.07) is 17.2. The number of aromatic nitrogens is 2. The first kappa shape index (κ1) is 19.4. The van der Waals surface area contributed by atoms with Gasteiger partial charge in [0.15, 0.2) is 0 Å². The van der Waals surface area contributed by atoms with Gasteiger partial charge >= 0.3 is 6.09 Å². The number of hydrogen-bond acceptors (Lipinski definition) is 3. The SMILES string of the molecule is Cn1ccnc1C1=CC2CCCC(C1)N2C(=O)OCC1c2ccccc2-c2ccccc21. The van der Waals surface area contributed by atoms with E-state index in [0.717, 1.165) is 31.5 Å². The molecule has 0 N–H and O–H groups in total. The zero-order valence-electron chi connectivity index (χ0n) is 18.3. The summed E-state index contributed by atoms with van der Waals surface area (Å²) >= 11 is 0. The Labute approximate surface area is 188 Å². The molecule has 2 unspecified atom stereocenters. The molecular weight excluding hydrogens is 398 g/mol. The van der Waals surface area contributed by atoms with Crippen LogP contribution in [0.25, 0.3) is 16.7 Å². The number of amides is 1. The van der Waals surface area contributed by atoms with Crippen LogP contribution in [0.3, 0.4) is 0 Å². The fraction of sp³-hybridized carbons (Fsp3) is 0.333. The van der Waals surface area contributed by atoms with Crippen molar-refractivity contribution >= 4 is 11.7 Å². The third kappa shape index (κ3) is 3.07. The molecule has 2 aliphatic heterocycles. The van der Waals surface area contributed by atoms with E-state index in [1.165, 1.54) is 27.8 Å². The molecule has 1 amide bonds. The molecule has 162 valence electrons. The van der Waals surface area contributed by atoms with E-state index in [9.17, 15) is 4.79 Å². The Morgan fingerprint density at radius 3 is 2.44 bits per heavy atom. The number of rotatable bonds is 3. The lowest BCUT2D eigenvalue weighted by atomic mass is 9.85. The van der Waals surface area contributed by atoms with Crippen molar-refractivity contribution < 1.29 is 9.53 Å². The summed E-state index contributed by atoms with van der Waals surface area (Å²) in [5.74, 6) is 1.10. The van der Waals surface area contributed by atoms with Crippen molar-refractivity contribution in [2.45, 2.75) is 43.7 Å². The zero-order chi connectivity index (χ0) is 21.7. The minimum absolute atomic E-state index is 0.0878. The first-order chi connectivity index (χ1) is 15.7. The standard InChI is InChI=1S/C27H27N3O2/c1-29-14-13-28-26(29)18-15-19-7-6-8-20(16-18)30(19)27(31)32-17-25-23-11-4-2-9-21(23)22-10-3-5-12-24(22)25/h2-5,9-15,19-20,25H,6-8,16-17H2,1H3. The van der Waals surface area contributed by atoms with Crippen molar-refractivity contribution in [1.29, 1.82) is 0 Å². The molecule has 1 saturated heterocycles. The summed E-state index contributed by atoms with van der Waals surface area (Å²) in [6.07, 6.45) is 9.85. The number of carbonyl (C=O) groups is 1. The lowest BCUT2D eigenvalue weighted by Gasteiger charge is -2.44. The molecule has 5 heteroatoms. The van der Waals surface area contributed by atoms with Crippen LogP contribution in [0.2, 0.25) is 0 Å². The molecule has 0 spiro atoms. The van der Waals surface area contributed by atoms with E-state index in [1.807, 2.05) is 24.3 Å². The summed E-state index contributed by atoms with van der Waals surface area (Å²) in [5.41, 5.74) is 6.24. The average molecular weight is 426 g/mol. The quantitative estimate of drug-likeness (QED) is 0.566. The Balaban J connectivity index is 1.23. The fourth-order valence-electron chi connectivity index (χ4n) is 5.82. The molecule has 2 atom stereocenters. The second kappa shape index (κ2) is 7.66. The topological polar surface area (TPSA) is 47.4 Å². The molecule has 1 fully saturated rings. The lowest BCUT2D eigenvalue weighted by Crippen LogP contribution is -2.52. The molecule has 3 heterocycles. The van der Waals surface area contributed by atoms with Gasteiger partial charge in [-0.1, -0.05) is 54.6 Å². The number of piperidine rings is 1. The number of ether oxygens (including phenoxy) is 1. The van der Waals surface area contributed by atoms with E-state index in [-0.39, 0.29) is 24.1 Å². The van der Waals surface area contributed by atoms with Crippen molar-refractivity contribution in [3.8, 4) is 11.1 Å². The summed E-state index contributed by atoms with van der Waals surface area (Å²) in [6.45, 7) is 0.374. The minimum atomic E-state index is -0.184. The third-order valence-corrected chi connectivity index (χ3v) is 7.29. The van der Waals surface area contributed by atoms with Crippen LogP contribution in [0.4, 0.5) is 4.79 Å². The second-order valence-electron chi connectivity index (χ2n) is 9.12. The summed E-state index contributed by atoms with van der Waals surface area (Å²) in [5, 5.41) is 0. The monoisotopic (exact) mass is 425 g/mol. The van der Waals surface area contributed by atoms with Crippen molar-refractivity contribution in [1.82, 2.24) is 14.5 Å². The van der Waals surface area contributed by atoms with Gasteiger partial charge in [0.05, 0.1) is 6.04 Å². The highest BCUT2D eigenvalue weighted by atomic mass is 16.6. The molecule has 2 bridgehead atoms. The molecule has 2 aromatic carbocycles. The highest BCUT2D eigenvalue weighted by Gasteiger charge is 2.39. The zero-order valence-corrected chi connectivity index (χ0v) is 18.3. The number of benzene rings is 2. The molecule has 6 rings (SSSR count). The number of nitrogens with zero attached hydrogens (tertiary/aromatic N) is 3. The van der Waals surface area contributed by atoms with Crippen molar-refractivity contribution in [3.63, 3.8) is 0 Å². The van der Waals surface area contributed by atoms with Gasteiger partial charge in [-0.25, -0.2) is 9.78 Å². The van der Waals surface area contributed by atoms with Gasteiger partial charge in [-0.2, -0.15) is 0 Å². The Bertz CT molecular complexity index is 1170. The van der Waals surface area contributed by atoms with E-state index in [2.05, 4.69) is 64.2 Å². The highest BCUT2D eigenvalue weighted by molar-refractivity contribution is 5.79. The van der Waals surface area contributed by atoms with Gasteiger partial charge < -0.3 is 9.30 Å². The predicted molar refractivity (Wildman–Crippen MR) is 124 cm³/mol. The Hall–Kier alpha value is -3.34. The van der Waals surface area contributed by atoms with E-state index >= 15 is 0 Å². The Kier molecular flexibility index (Phi) is 4.63. The molecule has 3 aromatic rings. The van der Waals surface area contributed by atoms with Gasteiger partial charge in [-0.05, 0) is 53.5 Å². The first-order valence-corrected chi connectivity index (χ1v) is 11.5. The van der Waals surface area contributed by atoms with Crippen LogP contribution < -0.4 is 0 Å². The van der Waals surface area contributed by atoms with Crippen molar-refractivity contribution in [2.24, 2.45) is 7.05 Å². The van der Waals surface area contributed by atoms with Gasteiger partial charge in [-0.3, -0.25) is 4.90 Å². The second-order valence-corrected chi connectivity index (χ2v) is 9.12. The minimum Gasteiger partial charge on any atom is -0.448 e. The third-order valence-electron chi connectivity index (χ3n) is 7.29. The number of imidazole rings is 1. The summed E-state index contributed by atoms with van der Waals surface area (Å²) in [7, 11) is 2.02. The van der Waals surface area contributed by atoms with E-state index in [4.69, 9.17) is 4.74 Å². The Morgan fingerprint density at radius 2 is 1.78 bits per heavy atom. The maximum Gasteiger partial charge on any atom is 0.410 e. The molecule has 3 aliphatic rings. The average Bonchev–Trinajstić information content (AvgIpc) is 3.38. The summed E-state index contributed by atoms with van der Waals surface area (Å²) in [4.78, 5) is 19.8. The molecule has 5 nitrogen and oxygen atoms in total. The smallest absolute Gasteiger partial charge is 0.410 e. The van der Waals surface area contributed by atoms with Gasteiger partial charge in [0.1, 0.15) is 12.4 Å². The summed E-state index contributed by atoms with van der Waals surface area (Å²) < 4.78 is 8.06. The van der Waals surface area contributed by atoms with Crippen molar-refractivity contribution in [2.75, 3.05) is 6.61 Å². The maximum atomic E-state index is 13.3. The molecule has 1 aliphatic carbocycles. The molecule has 32 heavy (non-hydrogen) atoms. The molecule has 1 aromatic heterocycles. The molecular formula is C27H27N3O2. The van der Waals surface area contributed by atoms with Crippen LogP contribution in [0.1, 0.15) is 48.6 Å². The molecule has 0 radical (unpaired) electrons. The maximum absolute atomic E-state index is 13.3. The Morgan fingerprint density at radius 1 is 1.06 bits per heavy atom. The van der Waals surface area contributed by atoms with Crippen LogP contribution >= 0.6 is 0 Å². The van der Waals surface area contributed by atoms with Gasteiger partial charge in [-0.15, -0.1) is 0 Å². The van der Waals surface area contributed by atoms with Crippen molar-refractivity contribution in [3.05, 3.63) is 84.0 Å². The largest absolute Gasteiger partial charge is 0.448 e. The normalized spacial score (nSPS) is 21.7. The van der Waals surface area contributed by atoms with E-state index in [0.29, 0.717) is 6.61 Å². The van der Waals surface area contributed by atoms with E-state index < -0.39 is 0 Å². The number of aryl methyl sites for hydroxylation is 1. The van der Waals surface area contributed by atoms with Gasteiger partial charge in [0.25, 0.3) is 0 Å². The predicted octanol–water partition coefficient (Wildman–Crippen LogP) is 5.38. The number of hydrogen-bond donors (Lipinski definition) is 0. The number of fused-ring (bicyclic) bond motifs is 5. The van der Waals surface area contributed by atoms with Crippen LogP contribution in [-0.4, -0.2) is 39.2 Å². The van der Waals surface area contributed by atoms with Gasteiger partial charge in [0, 0.05) is 31.4 Å². The highest BCUT2D eigenvalue weighted by Crippen LogP contribution is 2.45. The van der Waals surface area contributed by atoms with Crippen LogP contribution in [0.5, 0.6) is 0 Å². The van der Waals surface area contributed by atoms with Gasteiger partial charge in [0.2, 0.25) is 0 Å².